The molecule has 0 spiro atoms. The van der Waals surface area contributed by atoms with Gasteiger partial charge >= 0.3 is 0 Å². The summed E-state index contributed by atoms with van der Waals surface area (Å²) in [6, 6.07) is 12.2. The number of Topliss-reactive ketones (excluding diaryl/α,β-unsaturated/α-hetero) is 2. The van der Waals surface area contributed by atoms with Crippen LogP contribution < -0.4 is 11.1 Å². The van der Waals surface area contributed by atoms with E-state index in [1.165, 1.54) is 0 Å². The first-order valence-electron chi connectivity index (χ1n) is 6.59. The molecule has 3 rings (SSSR count). The second kappa shape index (κ2) is 5.30. The highest BCUT2D eigenvalue weighted by atomic mass is 35.5. The first-order valence-corrected chi connectivity index (χ1v) is 7.35. The predicted octanol–water partition coefficient (Wildman–Crippen LogP) is 3.30. The number of anilines is 2. The number of hydrogen-bond donors (Lipinski definition) is 2. The number of carbonyl (C=O) groups excluding carboxylic acids is 2. The highest BCUT2D eigenvalue weighted by Crippen LogP contribution is 2.38. The van der Waals surface area contributed by atoms with Crippen molar-refractivity contribution in [3.8, 4) is 0 Å². The summed E-state index contributed by atoms with van der Waals surface area (Å²) in [6.07, 6.45) is 0. The molecule has 0 radical (unpaired) electrons. The molecule has 22 heavy (non-hydrogen) atoms. The zero-order valence-corrected chi connectivity index (χ0v) is 12.9. The Labute approximate surface area is 137 Å². The van der Waals surface area contributed by atoms with Crippen molar-refractivity contribution in [2.45, 2.75) is 10.4 Å². The minimum Gasteiger partial charge on any atom is -0.399 e. The molecule has 0 heterocycles. The van der Waals surface area contributed by atoms with E-state index < -0.39 is 16.2 Å². The lowest BCUT2D eigenvalue weighted by Gasteiger charge is -2.33. The van der Waals surface area contributed by atoms with E-state index in [9.17, 15) is 9.59 Å². The molecule has 1 unspecified atom stereocenters. The van der Waals surface area contributed by atoms with Crippen molar-refractivity contribution in [1.82, 2.24) is 0 Å². The van der Waals surface area contributed by atoms with Gasteiger partial charge < -0.3 is 11.1 Å². The molecule has 0 saturated carbocycles. The van der Waals surface area contributed by atoms with Crippen LogP contribution >= 0.6 is 23.2 Å². The predicted molar refractivity (Wildman–Crippen MR) is 87.8 cm³/mol. The van der Waals surface area contributed by atoms with Crippen molar-refractivity contribution < 1.29 is 9.59 Å². The third kappa shape index (κ3) is 2.34. The van der Waals surface area contributed by atoms with Crippen LogP contribution in [0, 0.1) is 0 Å². The van der Waals surface area contributed by atoms with E-state index in [4.69, 9.17) is 28.9 Å². The molecule has 0 fully saturated rings. The third-order valence-corrected chi connectivity index (χ3v) is 4.37. The fraction of sp³-hybridized carbons (Fsp3) is 0.125. The number of halogens is 2. The third-order valence-electron chi connectivity index (χ3n) is 3.59. The molecule has 1 aliphatic carbocycles. The van der Waals surface area contributed by atoms with E-state index in [0.717, 1.165) is 0 Å². The van der Waals surface area contributed by atoms with Crippen molar-refractivity contribution >= 4 is 46.1 Å². The largest absolute Gasteiger partial charge is 0.399 e. The fourth-order valence-electron chi connectivity index (χ4n) is 2.43. The van der Waals surface area contributed by atoms with Gasteiger partial charge in [0, 0.05) is 22.5 Å². The molecular formula is C16H12Cl2N2O2. The molecule has 2 aromatic rings. The lowest BCUT2D eigenvalue weighted by atomic mass is 9.85. The lowest BCUT2D eigenvalue weighted by molar-refractivity contribution is 0.0865. The topological polar surface area (TPSA) is 72.2 Å². The number of nitrogen functional groups attached to an aromatic ring is 1. The maximum absolute atomic E-state index is 12.6. The Hall–Kier alpha value is -2.04. The number of fused-ring (bicyclic) bond motifs is 1. The van der Waals surface area contributed by atoms with Gasteiger partial charge in [-0.2, -0.15) is 0 Å². The molecule has 0 saturated heterocycles. The Bertz CT molecular complexity index is 757. The summed E-state index contributed by atoms with van der Waals surface area (Å²) in [6.45, 7) is 0. The van der Waals surface area contributed by atoms with Crippen LogP contribution in [0.1, 0.15) is 20.7 Å². The van der Waals surface area contributed by atoms with Crippen molar-refractivity contribution in [3.63, 3.8) is 0 Å². The maximum atomic E-state index is 12.6. The van der Waals surface area contributed by atoms with E-state index in [2.05, 4.69) is 5.32 Å². The fourth-order valence-corrected chi connectivity index (χ4v) is 2.94. The molecule has 1 atom stereocenters. The lowest BCUT2D eigenvalue weighted by Crippen LogP contribution is -2.53. The number of nitrogens with one attached hydrogen (secondary N) is 1. The van der Waals surface area contributed by atoms with Gasteiger partial charge in [-0.3, -0.25) is 9.59 Å². The van der Waals surface area contributed by atoms with Crippen molar-refractivity contribution in [3.05, 3.63) is 59.7 Å². The first-order chi connectivity index (χ1) is 10.4. The van der Waals surface area contributed by atoms with Crippen LogP contribution in [0.3, 0.4) is 0 Å². The van der Waals surface area contributed by atoms with Gasteiger partial charge in [0.05, 0.1) is 0 Å². The standard InChI is InChI=1S/C16H12Cl2N2O2/c17-16(18)14(20-10-7-5-9(19)6-8-10)13(21)11-3-1-2-4-12(11)15(16)22/h1-8,14,20H,19H2. The molecule has 4 nitrogen and oxygen atoms in total. The summed E-state index contributed by atoms with van der Waals surface area (Å²) in [7, 11) is 0. The molecule has 6 heteroatoms. The highest BCUT2D eigenvalue weighted by molar-refractivity contribution is 6.63. The molecular weight excluding hydrogens is 323 g/mol. The Morgan fingerprint density at radius 1 is 0.955 bits per heavy atom. The van der Waals surface area contributed by atoms with Crippen LogP contribution in [0.5, 0.6) is 0 Å². The van der Waals surface area contributed by atoms with Gasteiger partial charge in [0.15, 0.2) is 5.78 Å². The average molecular weight is 335 g/mol. The van der Waals surface area contributed by atoms with E-state index >= 15 is 0 Å². The van der Waals surface area contributed by atoms with E-state index in [1.807, 2.05) is 0 Å². The van der Waals surface area contributed by atoms with Crippen molar-refractivity contribution in [1.29, 1.82) is 0 Å². The number of rotatable bonds is 2. The number of hydrogen-bond acceptors (Lipinski definition) is 4. The Kier molecular flexibility index (Phi) is 3.59. The van der Waals surface area contributed by atoms with Gasteiger partial charge in [0.25, 0.3) is 0 Å². The zero-order valence-electron chi connectivity index (χ0n) is 11.3. The summed E-state index contributed by atoms with van der Waals surface area (Å²) in [4.78, 5) is 25.1. The summed E-state index contributed by atoms with van der Waals surface area (Å²) in [5.41, 5.74) is 7.38. The highest BCUT2D eigenvalue weighted by Gasteiger charge is 2.51. The van der Waals surface area contributed by atoms with Crippen molar-refractivity contribution in [2.24, 2.45) is 0 Å². The summed E-state index contributed by atoms with van der Waals surface area (Å²) >= 11 is 12.4. The number of alkyl halides is 2. The van der Waals surface area contributed by atoms with Gasteiger partial charge in [0.2, 0.25) is 10.1 Å². The zero-order chi connectivity index (χ0) is 15.9. The Morgan fingerprint density at radius 3 is 2.18 bits per heavy atom. The van der Waals surface area contributed by atoms with Crippen LogP contribution in [0.25, 0.3) is 0 Å². The maximum Gasteiger partial charge on any atom is 0.207 e. The molecule has 0 aliphatic heterocycles. The first kappa shape index (κ1) is 14.9. The normalized spacial score (nSPS) is 19.6. The number of ketones is 2. The quantitative estimate of drug-likeness (QED) is 0.652. The van der Waals surface area contributed by atoms with Crippen LogP contribution in [0.15, 0.2) is 48.5 Å². The average Bonchev–Trinajstić information content (AvgIpc) is 2.51. The monoisotopic (exact) mass is 334 g/mol. The van der Waals surface area contributed by atoms with E-state index in [1.54, 1.807) is 48.5 Å². The minimum absolute atomic E-state index is 0.243. The molecule has 2 aromatic carbocycles. The second-order valence-electron chi connectivity index (χ2n) is 5.06. The second-order valence-corrected chi connectivity index (χ2v) is 6.45. The number of benzene rings is 2. The molecule has 112 valence electrons. The Balaban J connectivity index is 2.02. The summed E-state index contributed by atoms with van der Waals surface area (Å²) < 4.78 is -1.87. The molecule has 0 aromatic heterocycles. The summed E-state index contributed by atoms with van der Waals surface area (Å²) in [5.74, 6) is -0.809. The van der Waals surface area contributed by atoms with Gasteiger partial charge in [0.1, 0.15) is 6.04 Å². The van der Waals surface area contributed by atoms with Crippen LogP contribution in [-0.2, 0) is 0 Å². The Morgan fingerprint density at radius 2 is 1.55 bits per heavy atom. The van der Waals surface area contributed by atoms with Gasteiger partial charge in [-0.15, -0.1) is 0 Å². The molecule has 1 aliphatic rings. The molecule has 0 bridgehead atoms. The number of nitrogens with two attached hydrogens (primary N) is 1. The van der Waals surface area contributed by atoms with Crippen LogP contribution in [-0.4, -0.2) is 21.9 Å². The summed E-state index contributed by atoms with van der Waals surface area (Å²) in [5, 5.41) is 2.93. The van der Waals surface area contributed by atoms with Crippen LogP contribution in [0.2, 0.25) is 0 Å². The van der Waals surface area contributed by atoms with Gasteiger partial charge in [-0.1, -0.05) is 47.5 Å². The van der Waals surface area contributed by atoms with E-state index in [-0.39, 0.29) is 11.3 Å². The number of carbonyl (C=O) groups is 2. The van der Waals surface area contributed by atoms with Gasteiger partial charge in [-0.25, -0.2) is 0 Å². The van der Waals surface area contributed by atoms with Crippen LogP contribution in [0.4, 0.5) is 11.4 Å². The van der Waals surface area contributed by atoms with E-state index in [0.29, 0.717) is 16.9 Å². The molecule has 0 amide bonds. The molecule has 3 N–H and O–H groups in total. The van der Waals surface area contributed by atoms with Gasteiger partial charge in [-0.05, 0) is 24.3 Å². The van der Waals surface area contributed by atoms with Crippen molar-refractivity contribution in [2.75, 3.05) is 11.1 Å². The SMILES string of the molecule is Nc1ccc(NC2C(=O)c3ccccc3C(=O)C2(Cl)Cl)cc1. The minimum atomic E-state index is -1.87. The smallest absolute Gasteiger partial charge is 0.207 e.